The van der Waals surface area contributed by atoms with Gasteiger partial charge >= 0.3 is 5.97 Å². The van der Waals surface area contributed by atoms with E-state index < -0.39 is 23.7 Å². The van der Waals surface area contributed by atoms with Crippen LogP contribution < -0.4 is 10.2 Å². The van der Waals surface area contributed by atoms with E-state index in [2.05, 4.69) is 5.32 Å². The summed E-state index contributed by atoms with van der Waals surface area (Å²) in [6.07, 6.45) is 2.33. The molecular weight excluding hydrogens is 391 g/mol. The van der Waals surface area contributed by atoms with Crippen LogP contribution in [0.25, 0.3) is 6.08 Å². The van der Waals surface area contributed by atoms with Crippen LogP contribution in [0.2, 0.25) is 10.0 Å². The minimum absolute atomic E-state index is 0.244. The number of carbonyl (C=O) groups excluding carboxylic acids is 2. The number of aliphatic carboxylic acids is 1. The highest BCUT2D eigenvalue weighted by atomic mass is 35.5. The van der Waals surface area contributed by atoms with Crippen molar-refractivity contribution in [2.24, 2.45) is 0 Å². The Morgan fingerprint density at radius 3 is 2.63 bits per heavy atom. The summed E-state index contributed by atoms with van der Waals surface area (Å²) >= 11 is 11.9. The van der Waals surface area contributed by atoms with Gasteiger partial charge in [0, 0.05) is 29.4 Å². The molecule has 1 aliphatic heterocycles. The molecule has 0 saturated heterocycles. The molecule has 0 fully saturated rings. The number of nitrogens with zero attached hydrogens (tertiary/aromatic N) is 1. The van der Waals surface area contributed by atoms with Crippen molar-refractivity contribution < 1.29 is 19.5 Å². The van der Waals surface area contributed by atoms with Gasteiger partial charge in [0.1, 0.15) is 5.92 Å². The molecule has 0 bridgehead atoms. The summed E-state index contributed by atoms with van der Waals surface area (Å²) in [6, 6.07) is 9.65. The summed E-state index contributed by atoms with van der Waals surface area (Å²) in [5, 5.41) is 12.2. The van der Waals surface area contributed by atoms with Crippen LogP contribution in [-0.2, 0) is 14.4 Å². The van der Waals surface area contributed by atoms with Gasteiger partial charge in [-0.25, -0.2) is 4.79 Å². The van der Waals surface area contributed by atoms with Gasteiger partial charge < -0.3 is 15.3 Å². The predicted octanol–water partition coefficient (Wildman–Crippen LogP) is 3.79. The Labute approximate surface area is 165 Å². The highest BCUT2D eigenvalue weighted by Crippen LogP contribution is 2.40. The molecule has 6 nitrogen and oxygen atoms in total. The fourth-order valence-corrected chi connectivity index (χ4v) is 3.41. The number of carboxylic acid groups (broad SMARTS) is 1. The van der Waals surface area contributed by atoms with E-state index in [0.29, 0.717) is 27.5 Å². The number of fused-ring (bicyclic) bond motifs is 1. The Morgan fingerprint density at radius 1 is 1.22 bits per heavy atom. The van der Waals surface area contributed by atoms with E-state index in [9.17, 15) is 14.4 Å². The van der Waals surface area contributed by atoms with Gasteiger partial charge in [0.05, 0.1) is 10.7 Å². The Morgan fingerprint density at radius 2 is 1.96 bits per heavy atom. The average molecular weight is 405 g/mol. The second kappa shape index (κ2) is 7.42. The first-order chi connectivity index (χ1) is 12.8. The molecule has 8 heteroatoms. The Kier molecular flexibility index (Phi) is 5.21. The van der Waals surface area contributed by atoms with E-state index in [0.717, 1.165) is 6.08 Å². The van der Waals surface area contributed by atoms with Crippen molar-refractivity contribution in [1.82, 2.24) is 0 Å². The van der Waals surface area contributed by atoms with Gasteiger partial charge in [-0.2, -0.15) is 0 Å². The fraction of sp³-hybridized carbons (Fsp3) is 0.105. The van der Waals surface area contributed by atoms with Crippen LogP contribution in [0.3, 0.4) is 0 Å². The monoisotopic (exact) mass is 404 g/mol. The summed E-state index contributed by atoms with van der Waals surface area (Å²) in [5.41, 5.74) is 1.81. The van der Waals surface area contributed by atoms with Crippen molar-refractivity contribution in [3.8, 4) is 0 Å². The van der Waals surface area contributed by atoms with Gasteiger partial charge in [-0.15, -0.1) is 0 Å². The first-order valence-electron chi connectivity index (χ1n) is 7.87. The highest BCUT2D eigenvalue weighted by molar-refractivity contribution is 6.37. The van der Waals surface area contributed by atoms with Gasteiger partial charge in [-0.3, -0.25) is 9.59 Å². The van der Waals surface area contributed by atoms with Gasteiger partial charge in [-0.05, 0) is 35.9 Å². The van der Waals surface area contributed by atoms with Gasteiger partial charge in [0.25, 0.3) is 0 Å². The number of benzene rings is 2. The molecule has 1 aliphatic rings. The number of carboxylic acids is 1. The lowest BCUT2D eigenvalue weighted by Crippen LogP contribution is -2.31. The largest absolute Gasteiger partial charge is 0.478 e. The molecular formula is C19H14Cl2N2O4. The summed E-state index contributed by atoms with van der Waals surface area (Å²) in [5.74, 6) is -3.22. The minimum Gasteiger partial charge on any atom is -0.478 e. The zero-order chi connectivity index (χ0) is 19.7. The Hall–Kier alpha value is -2.83. The van der Waals surface area contributed by atoms with Crippen molar-refractivity contribution in [2.45, 2.75) is 5.92 Å². The summed E-state index contributed by atoms with van der Waals surface area (Å²) in [7, 11) is 1.56. The van der Waals surface area contributed by atoms with Crippen LogP contribution in [0.1, 0.15) is 17.0 Å². The van der Waals surface area contributed by atoms with E-state index in [-0.39, 0.29) is 5.02 Å². The Balaban J connectivity index is 2.01. The second-order valence-electron chi connectivity index (χ2n) is 5.90. The maximum absolute atomic E-state index is 12.9. The Bertz CT molecular complexity index is 988. The predicted molar refractivity (Wildman–Crippen MR) is 104 cm³/mol. The first-order valence-corrected chi connectivity index (χ1v) is 8.62. The normalized spacial score (nSPS) is 15.9. The summed E-state index contributed by atoms with van der Waals surface area (Å²) in [6.45, 7) is 0. The van der Waals surface area contributed by atoms with Crippen LogP contribution in [0.15, 0.2) is 42.5 Å². The van der Waals surface area contributed by atoms with Crippen LogP contribution in [0.4, 0.5) is 11.4 Å². The van der Waals surface area contributed by atoms with Crippen molar-refractivity contribution in [3.63, 3.8) is 0 Å². The van der Waals surface area contributed by atoms with Crippen molar-refractivity contribution >= 4 is 58.4 Å². The van der Waals surface area contributed by atoms with E-state index in [1.807, 2.05) is 0 Å². The summed E-state index contributed by atoms with van der Waals surface area (Å²) < 4.78 is 0. The first kappa shape index (κ1) is 18.9. The standard InChI is InChI=1S/C19H14Cl2N2O4/c1-23-14-4-2-3-10(5-8-15(24)25)16(14)17(19(23)27)18(26)22-13-7-6-11(20)9-12(13)21/h2-9,17H,1H3,(H,22,26)(H,24,25). The zero-order valence-corrected chi connectivity index (χ0v) is 15.6. The number of likely N-dealkylation sites (N-methyl/N-ethyl adjacent to an activating group) is 1. The maximum Gasteiger partial charge on any atom is 0.328 e. The number of rotatable bonds is 4. The maximum atomic E-state index is 12.9. The molecule has 2 amide bonds. The van der Waals surface area contributed by atoms with Gasteiger partial charge in [-0.1, -0.05) is 35.3 Å². The molecule has 1 atom stereocenters. The molecule has 2 N–H and O–H groups in total. The molecule has 0 saturated carbocycles. The van der Waals surface area contributed by atoms with Crippen LogP contribution in [-0.4, -0.2) is 29.9 Å². The molecule has 0 aliphatic carbocycles. The zero-order valence-electron chi connectivity index (χ0n) is 14.1. The molecule has 3 rings (SSSR count). The van der Waals surface area contributed by atoms with Gasteiger partial charge in [0.15, 0.2) is 0 Å². The molecule has 27 heavy (non-hydrogen) atoms. The lowest BCUT2D eigenvalue weighted by molar-refractivity contribution is -0.131. The van der Waals surface area contributed by atoms with Crippen molar-refractivity contribution in [3.05, 3.63) is 63.6 Å². The third kappa shape index (κ3) is 3.67. The molecule has 138 valence electrons. The molecule has 2 aromatic carbocycles. The van der Waals surface area contributed by atoms with E-state index in [1.54, 1.807) is 37.4 Å². The molecule has 0 radical (unpaired) electrons. The molecule has 2 aromatic rings. The molecule has 1 unspecified atom stereocenters. The van der Waals surface area contributed by atoms with E-state index in [1.165, 1.54) is 17.0 Å². The number of nitrogens with one attached hydrogen (secondary N) is 1. The quantitative estimate of drug-likeness (QED) is 0.599. The van der Waals surface area contributed by atoms with Crippen molar-refractivity contribution in [1.29, 1.82) is 0 Å². The van der Waals surface area contributed by atoms with Crippen LogP contribution in [0.5, 0.6) is 0 Å². The number of amides is 2. The smallest absolute Gasteiger partial charge is 0.328 e. The minimum atomic E-state index is -1.13. The van der Waals surface area contributed by atoms with Crippen molar-refractivity contribution in [2.75, 3.05) is 17.3 Å². The number of hydrogen-bond acceptors (Lipinski definition) is 3. The average Bonchev–Trinajstić information content (AvgIpc) is 2.87. The number of hydrogen-bond donors (Lipinski definition) is 2. The third-order valence-electron chi connectivity index (χ3n) is 4.20. The number of halogens is 2. The summed E-state index contributed by atoms with van der Waals surface area (Å²) in [4.78, 5) is 37.8. The van der Waals surface area contributed by atoms with Crippen LogP contribution in [0, 0.1) is 0 Å². The lowest BCUT2D eigenvalue weighted by atomic mass is 9.94. The molecule has 0 spiro atoms. The van der Waals surface area contributed by atoms with Gasteiger partial charge in [0.2, 0.25) is 11.8 Å². The number of carbonyl (C=O) groups is 3. The molecule has 0 aromatic heterocycles. The fourth-order valence-electron chi connectivity index (χ4n) is 2.96. The van der Waals surface area contributed by atoms with E-state index in [4.69, 9.17) is 28.3 Å². The topological polar surface area (TPSA) is 86.7 Å². The SMILES string of the molecule is CN1C(=O)C(C(=O)Nc2ccc(Cl)cc2Cl)c2c(C=CC(=O)O)cccc21. The highest BCUT2D eigenvalue weighted by Gasteiger charge is 2.41. The molecule has 1 heterocycles. The number of anilines is 2. The second-order valence-corrected chi connectivity index (χ2v) is 6.74. The van der Waals surface area contributed by atoms with E-state index >= 15 is 0 Å². The van der Waals surface area contributed by atoms with Crippen LogP contribution >= 0.6 is 23.2 Å². The lowest BCUT2D eigenvalue weighted by Gasteiger charge is -2.13. The third-order valence-corrected chi connectivity index (χ3v) is 4.75.